The molecule has 0 bridgehead atoms. The average Bonchev–Trinajstić information content (AvgIpc) is 2.94. The Morgan fingerprint density at radius 2 is 2.05 bits per heavy atom. The summed E-state index contributed by atoms with van der Waals surface area (Å²) >= 11 is 0. The van der Waals surface area contributed by atoms with Crippen LogP contribution in [0.2, 0.25) is 0 Å². The molecule has 0 atom stereocenters. The molecule has 0 N–H and O–H groups in total. The van der Waals surface area contributed by atoms with Gasteiger partial charge < -0.3 is 9.64 Å². The monoisotopic (exact) mass is 260 g/mol. The Hall–Kier alpha value is -1.59. The third kappa shape index (κ3) is 2.57. The predicted molar refractivity (Wildman–Crippen MR) is 75.7 cm³/mol. The highest BCUT2D eigenvalue weighted by atomic mass is 16.5. The molecule has 2 aromatic rings. The minimum Gasteiger partial charge on any atom is -0.383 e. The molecule has 0 unspecified atom stereocenters. The topological polar surface area (TPSA) is 33.0 Å². The van der Waals surface area contributed by atoms with E-state index in [1.165, 1.54) is 5.82 Å². The number of fused-ring (bicyclic) bond motifs is 1. The molecule has 0 aliphatic carbocycles. The molecular formula is C14H20N4O. The Morgan fingerprint density at radius 1 is 1.21 bits per heavy atom. The van der Waals surface area contributed by atoms with E-state index in [1.54, 1.807) is 7.11 Å². The van der Waals surface area contributed by atoms with Crippen LogP contribution >= 0.6 is 0 Å². The molecule has 1 fully saturated rings. The maximum absolute atomic E-state index is 5.14. The number of rotatable bonds is 4. The molecule has 19 heavy (non-hydrogen) atoms. The van der Waals surface area contributed by atoms with Crippen LogP contribution in [0.25, 0.3) is 5.65 Å². The zero-order chi connectivity index (χ0) is 13.1. The summed E-state index contributed by atoms with van der Waals surface area (Å²) in [5.41, 5.74) is 1.01. The van der Waals surface area contributed by atoms with Gasteiger partial charge in [0.2, 0.25) is 0 Å². The maximum Gasteiger partial charge on any atom is 0.138 e. The summed E-state index contributed by atoms with van der Waals surface area (Å²) in [7, 11) is 1.76. The average molecular weight is 260 g/mol. The minimum atomic E-state index is 0.817. The third-order valence-corrected chi connectivity index (χ3v) is 3.71. The first-order chi connectivity index (χ1) is 9.38. The Bertz CT molecular complexity index is 531. The van der Waals surface area contributed by atoms with Gasteiger partial charge in [-0.1, -0.05) is 6.07 Å². The lowest BCUT2D eigenvalue weighted by molar-refractivity contribution is 0.144. The molecule has 102 valence electrons. The van der Waals surface area contributed by atoms with Gasteiger partial charge in [-0.25, -0.2) is 4.98 Å². The fourth-order valence-corrected chi connectivity index (χ4v) is 2.61. The van der Waals surface area contributed by atoms with Crippen molar-refractivity contribution in [3.8, 4) is 0 Å². The molecule has 0 amide bonds. The minimum absolute atomic E-state index is 0.817. The van der Waals surface area contributed by atoms with Crippen LogP contribution in [0.1, 0.15) is 0 Å². The second-order valence-electron chi connectivity index (χ2n) is 4.86. The van der Waals surface area contributed by atoms with Crippen LogP contribution in [0.3, 0.4) is 0 Å². The molecule has 2 aromatic heterocycles. The third-order valence-electron chi connectivity index (χ3n) is 3.71. The number of hydrogen-bond donors (Lipinski definition) is 0. The lowest BCUT2D eigenvalue weighted by atomic mass is 10.3. The van der Waals surface area contributed by atoms with Crippen molar-refractivity contribution in [3.63, 3.8) is 0 Å². The summed E-state index contributed by atoms with van der Waals surface area (Å²) in [4.78, 5) is 9.22. The maximum atomic E-state index is 5.14. The van der Waals surface area contributed by atoms with Crippen molar-refractivity contribution in [2.45, 2.75) is 0 Å². The number of piperazine rings is 1. The molecule has 5 nitrogen and oxygen atoms in total. The number of aromatic nitrogens is 2. The SMILES string of the molecule is COCCN1CCN(c2cccc3nccn23)CC1. The van der Waals surface area contributed by atoms with Crippen molar-refractivity contribution in [3.05, 3.63) is 30.6 Å². The van der Waals surface area contributed by atoms with Gasteiger partial charge in [0.1, 0.15) is 11.5 Å². The van der Waals surface area contributed by atoms with E-state index in [0.29, 0.717) is 0 Å². The Labute approximate surface area is 113 Å². The van der Waals surface area contributed by atoms with Crippen LogP contribution in [0.4, 0.5) is 5.82 Å². The van der Waals surface area contributed by atoms with E-state index in [4.69, 9.17) is 4.74 Å². The lowest BCUT2D eigenvalue weighted by Gasteiger charge is -2.36. The number of anilines is 1. The number of pyridine rings is 1. The first kappa shape index (κ1) is 12.4. The molecule has 1 saturated heterocycles. The second kappa shape index (κ2) is 5.59. The van der Waals surface area contributed by atoms with Crippen molar-refractivity contribution in [1.29, 1.82) is 0 Å². The number of imidazole rings is 1. The van der Waals surface area contributed by atoms with Gasteiger partial charge in [0, 0.05) is 52.2 Å². The first-order valence-corrected chi connectivity index (χ1v) is 6.77. The Balaban J connectivity index is 1.69. The summed E-state index contributed by atoms with van der Waals surface area (Å²) in [6.45, 7) is 6.14. The Kier molecular flexibility index (Phi) is 3.66. The summed E-state index contributed by atoms with van der Waals surface area (Å²) < 4.78 is 7.29. The highest BCUT2D eigenvalue weighted by Crippen LogP contribution is 2.18. The van der Waals surface area contributed by atoms with Crippen LogP contribution in [0, 0.1) is 0 Å². The molecule has 0 spiro atoms. The van der Waals surface area contributed by atoms with Gasteiger partial charge in [-0.3, -0.25) is 9.30 Å². The van der Waals surface area contributed by atoms with Gasteiger partial charge in [-0.15, -0.1) is 0 Å². The van der Waals surface area contributed by atoms with E-state index < -0.39 is 0 Å². The zero-order valence-electron chi connectivity index (χ0n) is 11.3. The fraction of sp³-hybridized carbons (Fsp3) is 0.500. The van der Waals surface area contributed by atoms with E-state index >= 15 is 0 Å². The summed E-state index contributed by atoms with van der Waals surface area (Å²) in [6.07, 6.45) is 3.88. The smallest absolute Gasteiger partial charge is 0.138 e. The van der Waals surface area contributed by atoms with Gasteiger partial charge in [0.05, 0.1) is 6.61 Å². The van der Waals surface area contributed by atoms with E-state index in [1.807, 2.05) is 18.5 Å². The normalized spacial score (nSPS) is 17.2. The van der Waals surface area contributed by atoms with Crippen molar-refractivity contribution < 1.29 is 4.74 Å². The van der Waals surface area contributed by atoms with Crippen molar-refractivity contribution >= 4 is 11.5 Å². The highest BCUT2D eigenvalue weighted by Gasteiger charge is 2.18. The van der Waals surface area contributed by atoms with Crippen LogP contribution in [0.15, 0.2) is 30.6 Å². The Morgan fingerprint density at radius 3 is 2.84 bits per heavy atom. The van der Waals surface area contributed by atoms with Crippen molar-refractivity contribution in [2.75, 3.05) is 51.3 Å². The van der Waals surface area contributed by atoms with Crippen LogP contribution in [0.5, 0.6) is 0 Å². The van der Waals surface area contributed by atoms with Crippen LogP contribution in [-0.4, -0.2) is 60.7 Å². The summed E-state index contributed by atoms with van der Waals surface area (Å²) in [5.74, 6) is 1.24. The van der Waals surface area contributed by atoms with E-state index in [2.05, 4.69) is 31.3 Å². The molecule has 3 heterocycles. The molecular weight excluding hydrogens is 240 g/mol. The van der Waals surface area contributed by atoms with Crippen molar-refractivity contribution in [2.24, 2.45) is 0 Å². The van der Waals surface area contributed by atoms with Gasteiger partial charge in [-0.2, -0.15) is 0 Å². The number of ether oxygens (including phenoxy) is 1. The van der Waals surface area contributed by atoms with E-state index in [9.17, 15) is 0 Å². The molecule has 1 aliphatic rings. The summed E-state index contributed by atoms with van der Waals surface area (Å²) in [6, 6.07) is 6.28. The first-order valence-electron chi connectivity index (χ1n) is 6.77. The van der Waals surface area contributed by atoms with E-state index in [0.717, 1.165) is 45.0 Å². The van der Waals surface area contributed by atoms with Gasteiger partial charge in [0.15, 0.2) is 0 Å². The van der Waals surface area contributed by atoms with E-state index in [-0.39, 0.29) is 0 Å². The van der Waals surface area contributed by atoms with Crippen LogP contribution in [-0.2, 0) is 4.74 Å². The molecule has 5 heteroatoms. The van der Waals surface area contributed by atoms with Crippen LogP contribution < -0.4 is 4.90 Å². The molecule has 3 rings (SSSR count). The lowest BCUT2D eigenvalue weighted by Crippen LogP contribution is -2.47. The van der Waals surface area contributed by atoms with Gasteiger partial charge in [0.25, 0.3) is 0 Å². The number of methoxy groups -OCH3 is 1. The number of nitrogens with zero attached hydrogens (tertiary/aromatic N) is 4. The van der Waals surface area contributed by atoms with Gasteiger partial charge >= 0.3 is 0 Å². The highest BCUT2D eigenvalue weighted by molar-refractivity contribution is 5.51. The molecule has 1 aliphatic heterocycles. The second-order valence-corrected chi connectivity index (χ2v) is 4.86. The zero-order valence-corrected chi connectivity index (χ0v) is 11.3. The number of hydrogen-bond acceptors (Lipinski definition) is 4. The quantitative estimate of drug-likeness (QED) is 0.824. The summed E-state index contributed by atoms with van der Waals surface area (Å²) in [5, 5.41) is 0. The molecule has 0 aromatic carbocycles. The molecule has 0 saturated carbocycles. The fourth-order valence-electron chi connectivity index (χ4n) is 2.61. The predicted octanol–water partition coefficient (Wildman–Crippen LogP) is 1.10. The standard InChI is InChI=1S/C14H20N4O/c1-19-12-11-16-7-9-17(10-8-16)14-4-2-3-13-15-5-6-18(13)14/h2-6H,7-12H2,1H3. The van der Waals surface area contributed by atoms with Gasteiger partial charge in [-0.05, 0) is 12.1 Å². The largest absolute Gasteiger partial charge is 0.383 e. The van der Waals surface area contributed by atoms with Crippen molar-refractivity contribution in [1.82, 2.24) is 14.3 Å². The molecule has 0 radical (unpaired) electrons.